The summed E-state index contributed by atoms with van der Waals surface area (Å²) in [4.78, 5) is 0. The Balaban J connectivity index is -0.00000000667. The third kappa shape index (κ3) is 938. The van der Waals surface area contributed by atoms with E-state index in [-0.39, 0.29) is 14.1 Å². The van der Waals surface area contributed by atoms with Crippen LogP contribution in [-0.2, 0) is 0 Å². The standard InChI is InChI=1S/C2H3Cl.3FH/c1-2-3;;;/h2H,1H2;3*1H. The highest BCUT2D eigenvalue weighted by molar-refractivity contribution is 6.25. The maximum absolute atomic E-state index is 4.76. The molecule has 0 saturated carbocycles. The molecule has 0 bridgehead atoms. The second kappa shape index (κ2) is 105. The molecule has 0 amide bonds. The van der Waals surface area contributed by atoms with Crippen LogP contribution in [0.3, 0.4) is 0 Å². The molecule has 0 spiro atoms. The molecule has 0 aliphatic carbocycles. The minimum atomic E-state index is 0. The summed E-state index contributed by atoms with van der Waals surface area (Å²) < 4.78 is 0. The van der Waals surface area contributed by atoms with Crippen molar-refractivity contribution in [3.63, 3.8) is 0 Å². The fourth-order valence-corrected chi connectivity index (χ4v) is 0. The Morgan fingerprint density at radius 2 is 1.17 bits per heavy atom. The van der Waals surface area contributed by atoms with E-state index in [1.165, 1.54) is 5.54 Å². The van der Waals surface area contributed by atoms with Crippen LogP contribution in [0.4, 0.5) is 14.1 Å². The Morgan fingerprint density at radius 3 is 1.17 bits per heavy atom. The van der Waals surface area contributed by atoms with Crippen LogP contribution in [0, 0.1) is 0 Å². The lowest BCUT2D eigenvalue weighted by Gasteiger charge is -1.27. The van der Waals surface area contributed by atoms with Crippen LogP contribution in [0.2, 0.25) is 0 Å². The zero-order valence-electron chi connectivity index (χ0n) is 2.89. The average molecular weight is 123 g/mol. The molecule has 0 aromatic heterocycles. The normalized spacial score (nSPS) is 2.17. The Hall–Kier alpha value is -0.180. The minimum Gasteiger partial charge on any atom is -0.269 e. The molecule has 0 atom stereocenters. The highest BCUT2D eigenvalue weighted by Crippen LogP contribution is 1.60. The van der Waals surface area contributed by atoms with Gasteiger partial charge in [-0.1, -0.05) is 18.2 Å². The van der Waals surface area contributed by atoms with Gasteiger partial charge in [0.2, 0.25) is 0 Å². The summed E-state index contributed by atoms with van der Waals surface area (Å²) in [5, 5.41) is 0. The Morgan fingerprint density at radius 1 is 1.17 bits per heavy atom. The number of halogens is 4. The van der Waals surface area contributed by atoms with Crippen molar-refractivity contribution in [3.05, 3.63) is 12.1 Å². The molecule has 0 N–H and O–H groups in total. The summed E-state index contributed by atoms with van der Waals surface area (Å²) in [5.41, 5.74) is 1.22. The van der Waals surface area contributed by atoms with Crippen LogP contribution >= 0.6 is 11.6 Å². The third-order valence-corrected chi connectivity index (χ3v) is 0. The van der Waals surface area contributed by atoms with E-state index in [1.54, 1.807) is 0 Å². The molecule has 0 aromatic carbocycles. The van der Waals surface area contributed by atoms with Crippen molar-refractivity contribution in [2.45, 2.75) is 0 Å². The highest BCUT2D eigenvalue weighted by atomic mass is 35.5. The van der Waals surface area contributed by atoms with Crippen molar-refractivity contribution in [2.24, 2.45) is 0 Å². The van der Waals surface area contributed by atoms with Gasteiger partial charge in [-0.05, 0) is 5.54 Å². The molecule has 0 rings (SSSR count). The Bertz CT molecular complexity index is 16.3. The van der Waals surface area contributed by atoms with Gasteiger partial charge in [-0.25, -0.2) is 0 Å². The molecule has 0 aliphatic heterocycles. The molecule has 0 aromatic rings. The molecule has 0 unspecified atom stereocenters. The predicted octanol–water partition coefficient (Wildman–Crippen LogP) is 1.83. The molecule has 0 saturated heterocycles. The van der Waals surface area contributed by atoms with Crippen LogP contribution in [0.25, 0.3) is 0 Å². The molecule has 0 heterocycles. The molecule has 0 radical (unpaired) electrons. The van der Waals surface area contributed by atoms with Crippen molar-refractivity contribution >= 4 is 11.6 Å². The van der Waals surface area contributed by atoms with Gasteiger partial charge in [0.25, 0.3) is 0 Å². The second-order valence-electron chi connectivity index (χ2n) is 0.154. The highest BCUT2D eigenvalue weighted by Gasteiger charge is 1.18. The molecule has 0 aliphatic rings. The van der Waals surface area contributed by atoms with E-state index >= 15 is 0 Å². The number of hydrogen-bond donors (Lipinski definition) is 0. The van der Waals surface area contributed by atoms with E-state index < -0.39 is 0 Å². The van der Waals surface area contributed by atoms with Gasteiger partial charge in [0.15, 0.2) is 0 Å². The summed E-state index contributed by atoms with van der Waals surface area (Å²) in [5.74, 6) is 0. The van der Waals surface area contributed by atoms with Gasteiger partial charge in [-0.2, -0.15) is 0 Å². The van der Waals surface area contributed by atoms with E-state index in [0.29, 0.717) is 0 Å². The van der Waals surface area contributed by atoms with Gasteiger partial charge in [-0.3, -0.25) is 14.1 Å². The lowest BCUT2D eigenvalue weighted by Crippen LogP contribution is -0.926. The fourth-order valence-electron chi connectivity index (χ4n) is 0. The van der Waals surface area contributed by atoms with E-state index in [0.717, 1.165) is 0 Å². The Kier molecular flexibility index (Phi) is 712. The zero-order chi connectivity index (χ0) is 2.71. The first-order chi connectivity index (χ1) is 1.41. The summed E-state index contributed by atoms with van der Waals surface area (Å²) in [6.45, 7) is 3.13. The quantitative estimate of drug-likeness (QED) is 0.460. The van der Waals surface area contributed by atoms with Crippen molar-refractivity contribution < 1.29 is 14.1 Å². The third-order valence-electron chi connectivity index (χ3n) is 0. The molecule has 0 fully saturated rings. The zero-order valence-corrected chi connectivity index (χ0v) is 3.64. The van der Waals surface area contributed by atoms with Crippen molar-refractivity contribution in [2.75, 3.05) is 0 Å². The average Bonchev–Trinajstić information content (AvgIpc) is 0.918. The number of rotatable bonds is 0. The predicted molar refractivity (Wildman–Crippen MR) is 23.6 cm³/mol. The summed E-state index contributed by atoms with van der Waals surface area (Å²) in [6, 6.07) is 0. The van der Waals surface area contributed by atoms with Gasteiger partial charge in [0.05, 0.1) is 0 Å². The molecular weight excluding hydrogens is 116 g/mol. The lowest BCUT2D eigenvalue weighted by atomic mass is 11.3. The maximum Gasteiger partial charge on any atom is -0.00296 e. The monoisotopic (exact) mass is 122 g/mol. The fraction of sp³-hybridized carbons (Fsp3) is 0. The lowest BCUT2D eigenvalue weighted by molar-refractivity contribution is 1.11. The van der Waals surface area contributed by atoms with Crippen LogP contribution in [0.15, 0.2) is 12.1 Å². The molecule has 6 heavy (non-hydrogen) atoms. The number of hydrogen-bond acceptors (Lipinski definition) is 0. The topological polar surface area (TPSA) is 0 Å². The van der Waals surface area contributed by atoms with E-state index in [4.69, 9.17) is 11.6 Å². The van der Waals surface area contributed by atoms with E-state index in [1.807, 2.05) is 0 Å². The van der Waals surface area contributed by atoms with Gasteiger partial charge < -0.3 is 0 Å². The van der Waals surface area contributed by atoms with Gasteiger partial charge in [-0.15, -0.1) is 0 Å². The minimum absolute atomic E-state index is 0. The summed E-state index contributed by atoms with van der Waals surface area (Å²) >= 11 is 4.76. The largest absolute Gasteiger partial charge is 0.269 e. The molecule has 4 heteroatoms. The smallest absolute Gasteiger partial charge is 0.00296 e. The van der Waals surface area contributed by atoms with Gasteiger partial charge >= 0.3 is 0 Å². The van der Waals surface area contributed by atoms with Crippen LogP contribution in [0.1, 0.15) is 0 Å². The van der Waals surface area contributed by atoms with E-state index in [9.17, 15) is 0 Å². The first-order valence-corrected chi connectivity index (χ1v) is 1.06. The van der Waals surface area contributed by atoms with Crippen molar-refractivity contribution in [3.8, 4) is 0 Å². The van der Waals surface area contributed by atoms with Gasteiger partial charge in [0.1, 0.15) is 0 Å². The SMILES string of the molecule is C=CCl.F.F.F. The maximum atomic E-state index is 4.76. The summed E-state index contributed by atoms with van der Waals surface area (Å²) in [7, 11) is 0. The van der Waals surface area contributed by atoms with E-state index in [2.05, 4.69) is 6.58 Å². The molecule has 0 nitrogen and oxygen atoms in total. The first-order valence-electron chi connectivity index (χ1n) is 0.626. The first kappa shape index (κ1) is 40.8. The summed E-state index contributed by atoms with van der Waals surface area (Å²) in [6.07, 6.45) is 0. The van der Waals surface area contributed by atoms with Crippen LogP contribution in [0.5, 0.6) is 0 Å². The Labute approximate surface area is 38.9 Å². The molecule has 42 valence electrons. The molecular formula is C2H6ClF3. The second-order valence-corrected chi connectivity index (χ2v) is 0.463. The van der Waals surface area contributed by atoms with Gasteiger partial charge in [0, 0.05) is 0 Å². The van der Waals surface area contributed by atoms with Crippen molar-refractivity contribution in [1.82, 2.24) is 0 Å². The van der Waals surface area contributed by atoms with Crippen LogP contribution < -0.4 is 0 Å². The van der Waals surface area contributed by atoms with Crippen molar-refractivity contribution in [1.29, 1.82) is 0 Å². The van der Waals surface area contributed by atoms with Crippen LogP contribution in [-0.4, -0.2) is 0 Å².